The van der Waals surface area contributed by atoms with E-state index < -0.39 is 15.7 Å². The van der Waals surface area contributed by atoms with Crippen molar-refractivity contribution in [1.29, 1.82) is 0 Å². The zero-order valence-electron chi connectivity index (χ0n) is 13.4. The predicted octanol–water partition coefficient (Wildman–Crippen LogP) is 1.08. The molecule has 0 amide bonds. The summed E-state index contributed by atoms with van der Waals surface area (Å²) in [6.45, 7) is 0.105. The van der Waals surface area contributed by atoms with Crippen molar-refractivity contribution >= 4 is 10.0 Å². The van der Waals surface area contributed by atoms with Crippen molar-refractivity contribution in [2.24, 2.45) is 23.2 Å². The number of H-pyrrole nitrogens is 2. The number of aromatic amines is 2. The Balaban J connectivity index is 1.49. The second-order valence-corrected chi connectivity index (χ2v) is 10.1. The molecule has 4 saturated carbocycles. The molecule has 128 valence electrons. The van der Waals surface area contributed by atoms with Gasteiger partial charge in [0.15, 0.2) is 0 Å². The van der Waals surface area contributed by atoms with Crippen molar-refractivity contribution in [3.8, 4) is 0 Å². The van der Waals surface area contributed by atoms with Gasteiger partial charge in [0.2, 0.25) is 10.0 Å². The van der Waals surface area contributed by atoms with E-state index in [2.05, 4.69) is 15.2 Å². The number of hydrogen-bond donors (Lipinski definition) is 2. The van der Waals surface area contributed by atoms with Crippen LogP contribution in [-0.4, -0.2) is 40.7 Å². The van der Waals surface area contributed by atoms with E-state index in [1.54, 1.807) is 7.05 Å². The summed E-state index contributed by atoms with van der Waals surface area (Å²) in [4.78, 5) is 13.6. The third-order valence-electron chi connectivity index (χ3n) is 6.05. The van der Waals surface area contributed by atoms with E-state index in [-0.39, 0.29) is 17.7 Å². The molecule has 4 aliphatic carbocycles. The normalized spacial score (nSPS) is 36.0. The summed E-state index contributed by atoms with van der Waals surface area (Å²) < 4.78 is 27.0. The van der Waals surface area contributed by atoms with Crippen molar-refractivity contribution in [1.82, 2.24) is 19.5 Å². The van der Waals surface area contributed by atoms with Gasteiger partial charge >= 0.3 is 5.69 Å². The highest BCUT2D eigenvalue weighted by Gasteiger charge is 2.52. The summed E-state index contributed by atoms with van der Waals surface area (Å²) >= 11 is 0. The molecule has 0 aliphatic heterocycles. The van der Waals surface area contributed by atoms with Crippen LogP contribution >= 0.6 is 0 Å². The zero-order valence-corrected chi connectivity index (χ0v) is 14.2. The Morgan fingerprint density at radius 2 is 1.74 bits per heavy atom. The fourth-order valence-electron chi connectivity index (χ4n) is 5.65. The summed E-state index contributed by atoms with van der Waals surface area (Å²) in [6, 6.07) is 0. The van der Waals surface area contributed by atoms with E-state index in [1.165, 1.54) is 23.6 Å². The summed E-state index contributed by atoms with van der Waals surface area (Å²) in [5, 5.41) is 6.07. The number of aromatic nitrogens is 3. The molecular formula is C15H24N4O3S. The van der Waals surface area contributed by atoms with E-state index in [4.69, 9.17) is 0 Å². The van der Waals surface area contributed by atoms with E-state index in [9.17, 15) is 13.2 Å². The van der Waals surface area contributed by atoms with Crippen molar-refractivity contribution < 1.29 is 8.42 Å². The number of sulfonamides is 1. The van der Waals surface area contributed by atoms with Gasteiger partial charge in [-0.25, -0.2) is 18.3 Å². The molecule has 0 saturated heterocycles. The monoisotopic (exact) mass is 340 g/mol. The first kappa shape index (κ1) is 15.4. The molecule has 4 bridgehead atoms. The summed E-state index contributed by atoms with van der Waals surface area (Å²) in [5.41, 5.74) is -0.423. The quantitative estimate of drug-likeness (QED) is 0.838. The average Bonchev–Trinajstić information content (AvgIpc) is 2.81. The van der Waals surface area contributed by atoms with Crippen LogP contribution in [0.3, 0.4) is 0 Å². The van der Waals surface area contributed by atoms with Gasteiger partial charge < -0.3 is 0 Å². The molecular weight excluding hydrogens is 316 g/mol. The number of nitrogens with zero attached hydrogens (tertiary/aromatic N) is 2. The molecule has 8 heteroatoms. The highest BCUT2D eigenvalue weighted by Crippen LogP contribution is 2.60. The molecule has 4 aliphatic rings. The molecule has 2 N–H and O–H groups in total. The maximum Gasteiger partial charge on any atom is 0.340 e. The van der Waals surface area contributed by atoms with Gasteiger partial charge in [-0.2, -0.15) is 9.40 Å². The number of hydrogen-bond acceptors (Lipinski definition) is 4. The lowest BCUT2D eigenvalue weighted by Gasteiger charge is -2.56. The van der Waals surface area contributed by atoms with Gasteiger partial charge in [-0.3, -0.25) is 4.98 Å². The summed E-state index contributed by atoms with van der Waals surface area (Å²) in [5.74, 6) is 2.82. The van der Waals surface area contributed by atoms with Crippen LogP contribution in [-0.2, 0) is 16.6 Å². The predicted molar refractivity (Wildman–Crippen MR) is 85.1 cm³/mol. The van der Waals surface area contributed by atoms with Crippen LogP contribution in [0.4, 0.5) is 0 Å². The lowest BCUT2D eigenvalue weighted by atomic mass is 9.50. The van der Waals surface area contributed by atoms with Crippen LogP contribution < -0.4 is 5.69 Å². The highest BCUT2D eigenvalue weighted by molar-refractivity contribution is 7.89. The summed E-state index contributed by atoms with van der Waals surface area (Å²) in [7, 11) is -1.78. The second-order valence-electron chi connectivity index (χ2n) is 8.05. The van der Waals surface area contributed by atoms with Crippen LogP contribution in [0, 0.1) is 23.2 Å². The molecule has 4 fully saturated rings. The zero-order chi connectivity index (χ0) is 16.2. The fraction of sp³-hybridized carbons (Fsp3) is 0.867. The molecule has 7 nitrogen and oxygen atoms in total. The smallest absolute Gasteiger partial charge is 0.292 e. The van der Waals surface area contributed by atoms with Gasteiger partial charge in [-0.1, -0.05) is 0 Å². The Morgan fingerprint density at radius 1 is 1.17 bits per heavy atom. The first-order valence-corrected chi connectivity index (χ1v) is 10.0. The fourth-order valence-corrected chi connectivity index (χ4v) is 7.32. The molecule has 0 atom stereocenters. The van der Waals surface area contributed by atoms with E-state index in [1.807, 2.05) is 0 Å². The minimum Gasteiger partial charge on any atom is -0.292 e. The van der Waals surface area contributed by atoms with E-state index >= 15 is 0 Å². The molecule has 0 spiro atoms. The lowest BCUT2D eigenvalue weighted by Crippen LogP contribution is -2.50. The molecule has 1 aromatic heterocycles. The maximum absolute atomic E-state index is 12.8. The topological polar surface area (TPSA) is 98.9 Å². The van der Waals surface area contributed by atoms with Crippen molar-refractivity contribution in [2.45, 2.75) is 45.1 Å². The SMILES string of the molecule is CN(Cc1n[nH]c(=O)[nH]1)S(=O)(=O)CC12CC3CC(CC(C3)C1)C2. The Labute approximate surface area is 135 Å². The lowest BCUT2D eigenvalue weighted by molar-refractivity contribution is -0.0394. The van der Waals surface area contributed by atoms with E-state index in [0.717, 1.165) is 37.0 Å². The first-order chi connectivity index (χ1) is 10.8. The van der Waals surface area contributed by atoms with Gasteiger partial charge in [0.25, 0.3) is 0 Å². The molecule has 5 rings (SSSR count). The van der Waals surface area contributed by atoms with Crippen LogP contribution in [0.15, 0.2) is 4.79 Å². The third-order valence-corrected chi connectivity index (χ3v) is 8.11. The Bertz CT molecular complexity index is 715. The highest BCUT2D eigenvalue weighted by atomic mass is 32.2. The van der Waals surface area contributed by atoms with Gasteiger partial charge in [0.1, 0.15) is 5.82 Å². The van der Waals surface area contributed by atoms with Crippen molar-refractivity contribution in [3.05, 3.63) is 16.3 Å². The molecule has 1 aromatic rings. The molecule has 1 heterocycles. The van der Waals surface area contributed by atoms with Crippen molar-refractivity contribution in [2.75, 3.05) is 12.8 Å². The average molecular weight is 340 g/mol. The van der Waals surface area contributed by atoms with Gasteiger partial charge in [-0.15, -0.1) is 0 Å². The minimum absolute atomic E-state index is 0.0131. The second kappa shape index (κ2) is 5.17. The first-order valence-electron chi connectivity index (χ1n) is 8.41. The van der Waals surface area contributed by atoms with Crippen LogP contribution in [0.5, 0.6) is 0 Å². The molecule has 0 aromatic carbocycles. The van der Waals surface area contributed by atoms with Crippen LogP contribution in [0.1, 0.15) is 44.3 Å². The van der Waals surface area contributed by atoms with Gasteiger partial charge in [-0.05, 0) is 61.7 Å². The largest absolute Gasteiger partial charge is 0.340 e. The van der Waals surface area contributed by atoms with E-state index in [0.29, 0.717) is 5.82 Å². The third kappa shape index (κ3) is 2.87. The molecule has 23 heavy (non-hydrogen) atoms. The summed E-state index contributed by atoms with van der Waals surface area (Å²) in [6.07, 6.45) is 7.15. The Kier molecular flexibility index (Phi) is 3.46. The Morgan fingerprint density at radius 3 is 2.22 bits per heavy atom. The molecule has 0 radical (unpaired) electrons. The maximum atomic E-state index is 12.8. The van der Waals surface area contributed by atoms with Crippen molar-refractivity contribution in [3.63, 3.8) is 0 Å². The van der Waals surface area contributed by atoms with Gasteiger partial charge in [0, 0.05) is 7.05 Å². The van der Waals surface area contributed by atoms with Crippen LogP contribution in [0.2, 0.25) is 0 Å². The minimum atomic E-state index is -3.35. The number of nitrogens with one attached hydrogen (secondary N) is 2. The van der Waals surface area contributed by atoms with Crippen LogP contribution in [0.25, 0.3) is 0 Å². The molecule has 0 unspecified atom stereocenters. The number of rotatable bonds is 5. The Hall–Kier alpha value is -1.15. The van der Waals surface area contributed by atoms with Gasteiger partial charge in [0.05, 0.1) is 12.3 Å². The standard InChI is InChI=1S/C15H24N4O3S/c1-19(8-13-16-14(20)18-17-13)23(21,22)9-15-5-10-2-11(6-15)4-12(3-10)7-15/h10-12H,2-9H2,1H3,(H2,16,17,18,20).